The van der Waals surface area contributed by atoms with Crippen LogP contribution in [0.5, 0.6) is 0 Å². The van der Waals surface area contributed by atoms with Gasteiger partial charge in [-0.25, -0.2) is 4.98 Å². The highest BCUT2D eigenvalue weighted by molar-refractivity contribution is 7.22. The molecule has 0 saturated heterocycles. The number of hydrogen-bond donors (Lipinski definition) is 0. The van der Waals surface area contributed by atoms with Gasteiger partial charge in [0.2, 0.25) is 0 Å². The topological polar surface area (TPSA) is 76.3 Å². The molecule has 0 N–H and O–H groups in total. The molecule has 0 unspecified atom stereocenters. The Hall–Kier alpha value is -3.29. The smallest absolute Gasteiger partial charge is 0.273 e. The van der Waals surface area contributed by atoms with Gasteiger partial charge in [0.15, 0.2) is 5.13 Å². The molecule has 1 heterocycles. The van der Waals surface area contributed by atoms with Gasteiger partial charge >= 0.3 is 0 Å². The van der Waals surface area contributed by atoms with Gasteiger partial charge in [0, 0.05) is 22.2 Å². The number of amides is 1. The Kier molecular flexibility index (Phi) is 5.71. The number of nitro groups is 1. The molecule has 1 aromatic heterocycles. The lowest BCUT2D eigenvalue weighted by Crippen LogP contribution is -2.31. The summed E-state index contributed by atoms with van der Waals surface area (Å²) in [6.07, 6.45) is 0. The number of fused-ring (bicyclic) bond motifs is 1. The third-order valence-corrected chi connectivity index (χ3v) is 6.58. The Balaban J connectivity index is 1.84. The van der Waals surface area contributed by atoms with Crippen molar-refractivity contribution < 1.29 is 9.72 Å². The quantitative estimate of drug-likeness (QED) is 0.262. The summed E-state index contributed by atoms with van der Waals surface area (Å²) in [5.74, 6) is -0.340. The number of thiazole rings is 1. The number of nitro benzene ring substituents is 1. The number of aromatic nitrogens is 1. The summed E-state index contributed by atoms with van der Waals surface area (Å²) in [4.78, 5) is 30.8. The van der Waals surface area contributed by atoms with Crippen molar-refractivity contribution in [2.75, 3.05) is 4.90 Å². The predicted molar refractivity (Wildman–Crippen MR) is 124 cm³/mol. The molecule has 4 rings (SSSR count). The lowest BCUT2D eigenvalue weighted by atomic mass is 10.1. The monoisotopic (exact) mass is 451 g/mol. The molecule has 0 atom stereocenters. The molecule has 0 aliphatic carbocycles. The third kappa shape index (κ3) is 4.02. The van der Waals surface area contributed by atoms with Crippen LogP contribution in [0.25, 0.3) is 10.2 Å². The zero-order valence-electron chi connectivity index (χ0n) is 16.8. The predicted octanol–water partition coefficient (Wildman–Crippen LogP) is 6.32. The second kappa shape index (κ2) is 8.45. The summed E-state index contributed by atoms with van der Waals surface area (Å²) >= 11 is 7.64. The second-order valence-electron chi connectivity index (χ2n) is 7.10. The molecule has 8 heteroatoms. The molecule has 0 bridgehead atoms. The Bertz CT molecular complexity index is 1300. The Morgan fingerprint density at radius 2 is 1.81 bits per heavy atom. The van der Waals surface area contributed by atoms with E-state index in [0.29, 0.717) is 15.7 Å². The van der Waals surface area contributed by atoms with Crippen molar-refractivity contribution in [2.24, 2.45) is 0 Å². The lowest BCUT2D eigenvalue weighted by molar-refractivity contribution is -0.385. The summed E-state index contributed by atoms with van der Waals surface area (Å²) in [6.45, 7) is 3.77. The van der Waals surface area contributed by atoms with Crippen molar-refractivity contribution in [1.29, 1.82) is 0 Å². The van der Waals surface area contributed by atoms with Gasteiger partial charge in [0.1, 0.15) is 0 Å². The van der Waals surface area contributed by atoms with Gasteiger partial charge < -0.3 is 0 Å². The van der Waals surface area contributed by atoms with Crippen molar-refractivity contribution >= 4 is 49.9 Å². The fourth-order valence-corrected chi connectivity index (χ4v) is 4.57. The third-order valence-electron chi connectivity index (χ3n) is 5.13. The van der Waals surface area contributed by atoms with Crippen LogP contribution in [0.1, 0.15) is 27.0 Å². The Morgan fingerprint density at radius 1 is 1.06 bits per heavy atom. The molecular formula is C23H18ClN3O3S. The molecule has 0 fully saturated rings. The van der Waals surface area contributed by atoms with Gasteiger partial charge in [-0.1, -0.05) is 59.3 Å². The molecule has 0 aliphatic heterocycles. The second-order valence-corrected chi connectivity index (χ2v) is 8.52. The fourth-order valence-electron chi connectivity index (χ4n) is 3.39. The van der Waals surface area contributed by atoms with Crippen LogP contribution in [0.2, 0.25) is 5.02 Å². The first-order valence-electron chi connectivity index (χ1n) is 9.52. The molecule has 0 saturated carbocycles. The summed E-state index contributed by atoms with van der Waals surface area (Å²) in [5, 5.41) is 12.5. The number of halogens is 1. The highest BCUT2D eigenvalue weighted by Gasteiger charge is 2.26. The molecule has 4 aromatic rings. The molecule has 1 amide bonds. The van der Waals surface area contributed by atoms with Crippen molar-refractivity contribution in [3.63, 3.8) is 0 Å². The first-order valence-corrected chi connectivity index (χ1v) is 10.7. The average Bonchev–Trinajstić information content (AvgIpc) is 3.20. The van der Waals surface area contributed by atoms with Gasteiger partial charge in [0.25, 0.3) is 11.6 Å². The van der Waals surface area contributed by atoms with E-state index in [9.17, 15) is 14.9 Å². The maximum absolute atomic E-state index is 13.6. The maximum atomic E-state index is 13.6. The van der Waals surface area contributed by atoms with Gasteiger partial charge in [-0.3, -0.25) is 19.8 Å². The van der Waals surface area contributed by atoms with E-state index in [1.165, 1.54) is 23.5 Å². The zero-order valence-corrected chi connectivity index (χ0v) is 18.4. The summed E-state index contributed by atoms with van der Waals surface area (Å²) in [6, 6.07) is 17.8. The van der Waals surface area contributed by atoms with Crippen LogP contribution in [-0.2, 0) is 6.54 Å². The van der Waals surface area contributed by atoms with E-state index < -0.39 is 4.92 Å². The normalized spacial score (nSPS) is 10.9. The molecule has 0 spiro atoms. The van der Waals surface area contributed by atoms with Crippen molar-refractivity contribution in [2.45, 2.75) is 20.4 Å². The van der Waals surface area contributed by atoms with Gasteiger partial charge in [-0.2, -0.15) is 0 Å². The zero-order chi connectivity index (χ0) is 22.1. The highest BCUT2D eigenvalue weighted by atomic mass is 35.5. The molecule has 6 nitrogen and oxygen atoms in total. The van der Waals surface area contributed by atoms with Gasteiger partial charge in [0.05, 0.1) is 21.7 Å². The molecule has 31 heavy (non-hydrogen) atoms. The number of anilines is 1. The molecular weight excluding hydrogens is 434 g/mol. The minimum absolute atomic E-state index is 0.0857. The van der Waals surface area contributed by atoms with E-state index in [2.05, 4.69) is 0 Å². The van der Waals surface area contributed by atoms with E-state index in [4.69, 9.17) is 16.6 Å². The van der Waals surface area contributed by atoms with Crippen LogP contribution >= 0.6 is 22.9 Å². The van der Waals surface area contributed by atoms with Crippen LogP contribution in [0.4, 0.5) is 10.8 Å². The number of benzene rings is 3. The average molecular weight is 452 g/mol. The summed E-state index contributed by atoms with van der Waals surface area (Å²) in [5.41, 5.74) is 3.04. The number of aryl methyl sites for hydroxylation is 1. The van der Waals surface area contributed by atoms with Crippen LogP contribution < -0.4 is 4.90 Å². The molecule has 3 aromatic carbocycles. The molecule has 0 radical (unpaired) electrons. The van der Waals surface area contributed by atoms with E-state index in [1.807, 2.05) is 49.4 Å². The maximum Gasteiger partial charge on any atom is 0.273 e. The Morgan fingerprint density at radius 3 is 2.52 bits per heavy atom. The SMILES string of the molecule is Cc1c(C(=O)N(Cc2ccccc2)c2nc3c(C)c(Cl)ccc3s2)cccc1[N+](=O)[O-]. The largest absolute Gasteiger partial charge is 0.279 e. The van der Waals surface area contributed by atoms with Crippen LogP contribution in [0.15, 0.2) is 60.7 Å². The number of hydrogen-bond acceptors (Lipinski definition) is 5. The van der Waals surface area contributed by atoms with Gasteiger partial charge in [-0.15, -0.1) is 0 Å². The summed E-state index contributed by atoms with van der Waals surface area (Å²) < 4.78 is 0.915. The van der Waals surface area contributed by atoms with Crippen molar-refractivity contribution in [3.05, 3.63) is 98.1 Å². The molecule has 0 aliphatic rings. The van der Waals surface area contributed by atoms with Crippen LogP contribution in [0, 0.1) is 24.0 Å². The number of carbonyl (C=O) groups is 1. The van der Waals surface area contributed by atoms with E-state index >= 15 is 0 Å². The van der Waals surface area contributed by atoms with Crippen molar-refractivity contribution in [1.82, 2.24) is 4.98 Å². The fraction of sp³-hybridized carbons (Fsp3) is 0.130. The van der Waals surface area contributed by atoms with E-state index in [-0.39, 0.29) is 23.7 Å². The van der Waals surface area contributed by atoms with E-state index in [0.717, 1.165) is 21.3 Å². The highest BCUT2D eigenvalue weighted by Crippen LogP contribution is 2.35. The minimum atomic E-state index is -0.475. The number of nitrogens with zero attached hydrogens (tertiary/aromatic N) is 3. The van der Waals surface area contributed by atoms with Crippen LogP contribution in [-0.4, -0.2) is 15.8 Å². The lowest BCUT2D eigenvalue weighted by Gasteiger charge is -2.21. The minimum Gasteiger partial charge on any atom is -0.279 e. The Labute approximate surface area is 187 Å². The standard InChI is InChI=1S/C23H18ClN3O3S/c1-14-17(9-6-10-19(14)27(29)30)22(28)26(13-16-7-4-3-5-8-16)23-25-21-15(2)18(24)11-12-20(21)31-23/h3-12H,13H2,1-2H3. The van der Waals surface area contributed by atoms with Crippen LogP contribution in [0.3, 0.4) is 0 Å². The van der Waals surface area contributed by atoms with Gasteiger partial charge in [-0.05, 0) is 43.2 Å². The first-order chi connectivity index (χ1) is 14.9. The van der Waals surface area contributed by atoms with E-state index in [1.54, 1.807) is 17.9 Å². The van der Waals surface area contributed by atoms with Crippen molar-refractivity contribution in [3.8, 4) is 0 Å². The molecule has 156 valence electrons. The number of carbonyl (C=O) groups excluding carboxylic acids is 1. The summed E-state index contributed by atoms with van der Waals surface area (Å²) in [7, 11) is 0. The number of rotatable bonds is 5. The first kappa shape index (κ1) is 21.0.